The number of aryl methyl sites for hydroxylation is 1. The molecule has 3 aromatic rings. The van der Waals surface area contributed by atoms with Gasteiger partial charge < -0.3 is 5.32 Å². The van der Waals surface area contributed by atoms with Crippen molar-refractivity contribution in [3.8, 4) is 0 Å². The van der Waals surface area contributed by atoms with Crippen LogP contribution in [0, 0.1) is 6.92 Å². The molecular weight excluding hydrogens is 436 g/mol. The second-order valence-corrected chi connectivity index (χ2v) is 6.86. The van der Waals surface area contributed by atoms with Crippen LogP contribution in [0.3, 0.4) is 0 Å². The van der Waals surface area contributed by atoms with E-state index < -0.39 is 0 Å². The van der Waals surface area contributed by atoms with E-state index in [9.17, 15) is 4.79 Å². The molecule has 1 N–H and O–H groups in total. The van der Waals surface area contributed by atoms with Gasteiger partial charge in [-0.05, 0) is 68.6 Å². The van der Waals surface area contributed by atoms with Crippen LogP contribution in [-0.4, -0.2) is 22.9 Å². The number of nitrogens with one attached hydrogen (secondary N) is 1. The summed E-state index contributed by atoms with van der Waals surface area (Å²) in [6.07, 6.45) is 1.64. The minimum absolute atomic E-state index is 0.181. The Morgan fingerprint density at radius 3 is 2.54 bits per heavy atom. The molecule has 0 atom stereocenters. The molecule has 0 fully saturated rings. The number of fused-ring (bicyclic) bond motifs is 1. The summed E-state index contributed by atoms with van der Waals surface area (Å²) in [6.45, 7) is 1.76. The third-order valence-electron chi connectivity index (χ3n) is 3.55. The highest BCUT2D eigenvalue weighted by Crippen LogP contribution is 2.31. The van der Waals surface area contributed by atoms with Gasteiger partial charge in [0, 0.05) is 16.0 Å². The molecule has 0 aliphatic heterocycles. The molecule has 1 aromatic heterocycles. The van der Waals surface area contributed by atoms with Crippen molar-refractivity contribution >= 4 is 54.7 Å². The van der Waals surface area contributed by atoms with Crippen molar-refractivity contribution in [1.29, 1.82) is 0 Å². The fourth-order valence-corrected chi connectivity index (χ4v) is 4.02. The second kappa shape index (κ2) is 6.86. The highest BCUT2D eigenvalue weighted by Gasteiger charge is 2.07. The van der Waals surface area contributed by atoms with Crippen molar-refractivity contribution in [3.63, 3.8) is 0 Å². The fourth-order valence-electron chi connectivity index (χ4n) is 2.40. The van der Waals surface area contributed by atoms with Crippen LogP contribution in [0.4, 0.5) is 5.69 Å². The van der Waals surface area contributed by atoms with Gasteiger partial charge in [-0.3, -0.25) is 4.79 Å². The average Bonchev–Trinajstić information content (AvgIpc) is 2.54. The van der Waals surface area contributed by atoms with Crippen LogP contribution in [0.15, 0.2) is 55.2 Å². The van der Waals surface area contributed by atoms with Gasteiger partial charge in [0.1, 0.15) is 5.82 Å². The van der Waals surface area contributed by atoms with E-state index in [0.29, 0.717) is 16.7 Å². The molecule has 2 aromatic carbocycles. The van der Waals surface area contributed by atoms with E-state index in [0.717, 1.165) is 20.2 Å². The number of aromatic nitrogens is 2. The van der Waals surface area contributed by atoms with E-state index in [1.165, 1.54) is 4.68 Å². The largest absolute Gasteiger partial charge is 0.386 e. The summed E-state index contributed by atoms with van der Waals surface area (Å²) in [7, 11) is 1.85. The van der Waals surface area contributed by atoms with E-state index in [4.69, 9.17) is 0 Å². The molecule has 0 unspecified atom stereocenters. The smallest absolute Gasteiger partial charge is 0.282 e. The number of hydrogen-bond donors (Lipinski definition) is 1. The van der Waals surface area contributed by atoms with E-state index in [1.54, 1.807) is 19.2 Å². The molecular formula is C17H14Br2N4O. The number of nitrogens with zero attached hydrogens (tertiary/aromatic N) is 3. The number of rotatable bonds is 3. The first-order valence-corrected chi connectivity index (χ1v) is 8.79. The van der Waals surface area contributed by atoms with Crippen molar-refractivity contribution < 1.29 is 0 Å². The van der Waals surface area contributed by atoms with E-state index >= 15 is 0 Å². The maximum atomic E-state index is 12.6. The lowest BCUT2D eigenvalue weighted by Gasteiger charge is -2.08. The molecule has 0 saturated carbocycles. The summed E-state index contributed by atoms with van der Waals surface area (Å²) < 4.78 is 3.12. The Kier molecular flexibility index (Phi) is 4.82. The van der Waals surface area contributed by atoms with Crippen molar-refractivity contribution in [1.82, 2.24) is 9.66 Å². The molecule has 0 radical (unpaired) electrons. The van der Waals surface area contributed by atoms with Gasteiger partial charge in [0.15, 0.2) is 0 Å². The maximum absolute atomic E-state index is 12.6. The highest BCUT2D eigenvalue weighted by atomic mass is 79.9. The Morgan fingerprint density at radius 1 is 1.21 bits per heavy atom. The molecule has 3 rings (SSSR count). The third kappa shape index (κ3) is 3.14. The van der Waals surface area contributed by atoms with Gasteiger partial charge in [0.05, 0.1) is 22.8 Å². The molecule has 1 heterocycles. The monoisotopic (exact) mass is 448 g/mol. The quantitative estimate of drug-likeness (QED) is 0.611. The number of benzene rings is 2. The molecule has 7 heteroatoms. The summed E-state index contributed by atoms with van der Waals surface area (Å²) in [4.78, 5) is 17.0. The van der Waals surface area contributed by atoms with Gasteiger partial charge in [-0.15, -0.1) is 0 Å². The molecule has 0 amide bonds. The van der Waals surface area contributed by atoms with Gasteiger partial charge >= 0.3 is 0 Å². The van der Waals surface area contributed by atoms with Crippen LogP contribution >= 0.6 is 31.9 Å². The predicted molar refractivity (Wildman–Crippen MR) is 105 cm³/mol. The molecule has 122 valence electrons. The average molecular weight is 450 g/mol. The zero-order valence-corrected chi connectivity index (χ0v) is 16.2. The lowest BCUT2D eigenvalue weighted by Crippen LogP contribution is -2.20. The van der Waals surface area contributed by atoms with Gasteiger partial charge in [-0.1, -0.05) is 12.1 Å². The molecule has 24 heavy (non-hydrogen) atoms. The first-order valence-electron chi connectivity index (χ1n) is 7.21. The highest BCUT2D eigenvalue weighted by molar-refractivity contribution is 9.11. The Hall–Kier alpha value is -1.99. The molecule has 0 spiro atoms. The maximum Gasteiger partial charge on any atom is 0.282 e. The van der Waals surface area contributed by atoms with Gasteiger partial charge in [0.25, 0.3) is 5.56 Å². The molecule has 0 saturated heterocycles. The fraction of sp³-hybridized carbons (Fsp3) is 0.118. The van der Waals surface area contributed by atoms with Crippen LogP contribution in [0.1, 0.15) is 11.4 Å². The van der Waals surface area contributed by atoms with Crippen LogP contribution in [0.5, 0.6) is 0 Å². The van der Waals surface area contributed by atoms with Crippen LogP contribution in [0.2, 0.25) is 0 Å². The van der Waals surface area contributed by atoms with Crippen LogP contribution in [0.25, 0.3) is 10.9 Å². The minimum atomic E-state index is -0.181. The molecule has 0 aliphatic carbocycles. The SMILES string of the molecule is CNc1c(Br)cc(/C=N/n2c(C)nc3ccccc3c2=O)cc1Br. The third-order valence-corrected chi connectivity index (χ3v) is 4.80. The van der Waals surface area contributed by atoms with Gasteiger partial charge in [-0.25, -0.2) is 4.98 Å². The summed E-state index contributed by atoms with van der Waals surface area (Å²) >= 11 is 7.02. The summed E-state index contributed by atoms with van der Waals surface area (Å²) in [5.74, 6) is 0.542. The Morgan fingerprint density at radius 2 is 1.88 bits per heavy atom. The van der Waals surface area contributed by atoms with E-state index in [-0.39, 0.29) is 5.56 Å². The zero-order chi connectivity index (χ0) is 17.3. The van der Waals surface area contributed by atoms with E-state index in [2.05, 4.69) is 47.3 Å². The topological polar surface area (TPSA) is 59.3 Å². The summed E-state index contributed by atoms with van der Waals surface area (Å²) in [6, 6.07) is 11.1. The number of para-hydroxylation sites is 1. The lowest BCUT2D eigenvalue weighted by atomic mass is 10.2. The first-order chi connectivity index (χ1) is 11.5. The van der Waals surface area contributed by atoms with E-state index in [1.807, 2.05) is 37.4 Å². The Labute approximate surface area is 155 Å². The van der Waals surface area contributed by atoms with Crippen molar-refractivity contribution in [2.45, 2.75) is 6.92 Å². The second-order valence-electron chi connectivity index (χ2n) is 5.15. The number of hydrogen-bond acceptors (Lipinski definition) is 4. The van der Waals surface area contributed by atoms with Gasteiger partial charge in [-0.2, -0.15) is 9.78 Å². The van der Waals surface area contributed by atoms with Crippen molar-refractivity contribution in [2.24, 2.45) is 5.10 Å². The van der Waals surface area contributed by atoms with Crippen LogP contribution in [-0.2, 0) is 0 Å². The van der Waals surface area contributed by atoms with Gasteiger partial charge in [0.2, 0.25) is 0 Å². The standard InChI is InChI=1S/C17H14Br2N4O/c1-10-22-15-6-4-3-5-12(15)17(24)23(10)21-9-11-7-13(18)16(20-2)14(19)8-11/h3-9,20H,1-2H3/b21-9+. The summed E-state index contributed by atoms with van der Waals surface area (Å²) in [5.41, 5.74) is 2.30. The predicted octanol–water partition coefficient (Wildman–Crippen LogP) is 4.15. The van der Waals surface area contributed by atoms with Crippen molar-refractivity contribution in [2.75, 3.05) is 12.4 Å². The zero-order valence-electron chi connectivity index (χ0n) is 13.0. The van der Waals surface area contributed by atoms with Crippen LogP contribution < -0.4 is 10.9 Å². The van der Waals surface area contributed by atoms with Crippen molar-refractivity contribution in [3.05, 3.63) is 67.1 Å². The lowest BCUT2D eigenvalue weighted by molar-refractivity contribution is 0.771. The molecule has 0 aliphatic rings. The minimum Gasteiger partial charge on any atom is -0.386 e. The number of anilines is 1. The molecule has 5 nitrogen and oxygen atoms in total. The first kappa shape index (κ1) is 16.9. The number of halogens is 2. The Balaban J connectivity index is 2.07. The molecule has 0 bridgehead atoms. The summed E-state index contributed by atoms with van der Waals surface area (Å²) in [5, 5.41) is 7.97. The normalized spacial score (nSPS) is 11.3. The Bertz CT molecular complexity index is 988.